The first-order valence-corrected chi connectivity index (χ1v) is 4.90. The van der Waals surface area contributed by atoms with Crippen LogP contribution in [-0.4, -0.2) is 36.8 Å². The quantitative estimate of drug-likeness (QED) is 0.599. The van der Waals surface area contributed by atoms with Gasteiger partial charge in [0.05, 0.1) is 13.2 Å². The molecule has 13 heavy (non-hydrogen) atoms. The fourth-order valence-corrected chi connectivity index (χ4v) is 2.23. The highest BCUT2D eigenvalue weighted by Gasteiger charge is 2.43. The second kappa shape index (κ2) is 3.53. The summed E-state index contributed by atoms with van der Waals surface area (Å²) >= 11 is 0. The van der Waals surface area contributed by atoms with Crippen molar-refractivity contribution >= 4 is 0 Å². The van der Waals surface area contributed by atoms with Crippen molar-refractivity contribution in [2.24, 2.45) is 11.7 Å². The summed E-state index contributed by atoms with van der Waals surface area (Å²) in [4.78, 5) is 0. The average molecular weight is 187 g/mol. The van der Waals surface area contributed by atoms with E-state index in [0.717, 1.165) is 19.3 Å². The van der Waals surface area contributed by atoms with Crippen LogP contribution in [0.5, 0.6) is 0 Å². The minimum Gasteiger partial charge on any atom is -0.396 e. The molecule has 1 aliphatic heterocycles. The third-order valence-corrected chi connectivity index (χ3v) is 3.10. The smallest absolute Gasteiger partial charge is 0.170 e. The van der Waals surface area contributed by atoms with Crippen molar-refractivity contribution in [2.45, 2.75) is 31.1 Å². The summed E-state index contributed by atoms with van der Waals surface area (Å²) in [6.07, 6.45) is 2.49. The van der Waals surface area contributed by atoms with Gasteiger partial charge in [0, 0.05) is 25.5 Å². The zero-order chi connectivity index (χ0) is 9.31. The Morgan fingerprint density at radius 1 is 1.38 bits per heavy atom. The number of nitrogens with two attached hydrogens (primary N) is 1. The van der Waals surface area contributed by atoms with E-state index in [1.54, 1.807) is 0 Å². The lowest BCUT2D eigenvalue weighted by molar-refractivity contribution is -0.187. The predicted octanol–water partition coefficient (Wildman–Crippen LogP) is -0.151. The summed E-state index contributed by atoms with van der Waals surface area (Å²) in [5.74, 6) is -0.191. The van der Waals surface area contributed by atoms with Gasteiger partial charge in [0.15, 0.2) is 5.79 Å². The van der Waals surface area contributed by atoms with Crippen LogP contribution in [0.4, 0.5) is 0 Å². The van der Waals surface area contributed by atoms with Crippen LogP contribution in [0, 0.1) is 5.92 Å². The highest BCUT2D eigenvalue weighted by atomic mass is 16.7. The maximum absolute atomic E-state index is 9.03. The molecule has 3 N–H and O–H groups in total. The Morgan fingerprint density at radius 2 is 2.08 bits per heavy atom. The van der Waals surface area contributed by atoms with Crippen molar-refractivity contribution in [3.05, 3.63) is 0 Å². The van der Waals surface area contributed by atoms with E-state index in [1.807, 2.05) is 0 Å². The molecule has 4 heteroatoms. The van der Waals surface area contributed by atoms with Crippen LogP contribution in [0.25, 0.3) is 0 Å². The number of aliphatic hydroxyl groups excluding tert-OH is 1. The van der Waals surface area contributed by atoms with Crippen LogP contribution in [-0.2, 0) is 9.47 Å². The van der Waals surface area contributed by atoms with E-state index in [2.05, 4.69) is 0 Å². The van der Waals surface area contributed by atoms with Crippen molar-refractivity contribution in [2.75, 3.05) is 19.8 Å². The molecule has 2 atom stereocenters. The first-order valence-electron chi connectivity index (χ1n) is 4.90. The molecule has 1 spiro atoms. The first kappa shape index (κ1) is 9.40. The molecular formula is C9H17NO3. The fourth-order valence-electron chi connectivity index (χ4n) is 2.23. The second-order valence-corrected chi connectivity index (χ2v) is 3.96. The summed E-state index contributed by atoms with van der Waals surface area (Å²) in [5.41, 5.74) is 5.92. The number of ether oxygens (including phenoxy) is 2. The Morgan fingerprint density at radius 3 is 2.62 bits per heavy atom. The van der Waals surface area contributed by atoms with Gasteiger partial charge in [-0.3, -0.25) is 0 Å². The van der Waals surface area contributed by atoms with Crippen LogP contribution in [0.15, 0.2) is 0 Å². The SMILES string of the molecule is N[C@@H]1CC2(CC[C@H]1CO)OCCO2. The van der Waals surface area contributed by atoms with Crippen molar-refractivity contribution < 1.29 is 14.6 Å². The second-order valence-electron chi connectivity index (χ2n) is 3.96. The summed E-state index contributed by atoms with van der Waals surface area (Å²) in [7, 11) is 0. The highest BCUT2D eigenvalue weighted by Crippen LogP contribution is 2.37. The number of hydrogen-bond acceptors (Lipinski definition) is 4. The van der Waals surface area contributed by atoms with Gasteiger partial charge < -0.3 is 20.3 Å². The molecular weight excluding hydrogens is 170 g/mol. The molecule has 4 nitrogen and oxygen atoms in total. The zero-order valence-electron chi connectivity index (χ0n) is 7.74. The molecule has 0 bridgehead atoms. The highest BCUT2D eigenvalue weighted by molar-refractivity contribution is 4.89. The van der Waals surface area contributed by atoms with Gasteiger partial charge in [-0.15, -0.1) is 0 Å². The van der Waals surface area contributed by atoms with Crippen LogP contribution in [0.3, 0.4) is 0 Å². The van der Waals surface area contributed by atoms with Gasteiger partial charge in [-0.25, -0.2) is 0 Å². The third-order valence-electron chi connectivity index (χ3n) is 3.10. The van der Waals surface area contributed by atoms with Crippen LogP contribution in [0.1, 0.15) is 19.3 Å². The Kier molecular flexibility index (Phi) is 2.55. The molecule has 2 rings (SSSR count). The van der Waals surface area contributed by atoms with E-state index < -0.39 is 5.79 Å². The molecule has 0 amide bonds. The lowest BCUT2D eigenvalue weighted by atomic mass is 9.82. The lowest BCUT2D eigenvalue weighted by Gasteiger charge is -2.38. The van der Waals surface area contributed by atoms with Crippen LogP contribution >= 0.6 is 0 Å². The summed E-state index contributed by atoms with van der Waals surface area (Å²) < 4.78 is 11.1. The van der Waals surface area contributed by atoms with E-state index >= 15 is 0 Å². The number of aliphatic hydroxyl groups is 1. The van der Waals surface area contributed by atoms with Gasteiger partial charge in [0.2, 0.25) is 0 Å². The lowest BCUT2D eigenvalue weighted by Crippen LogP contribution is -2.47. The normalized spacial score (nSPS) is 38.3. The van der Waals surface area contributed by atoms with Gasteiger partial charge in [0.1, 0.15) is 0 Å². The largest absolute Gasteiger partial charge is 0.396 e. The van der Waals surface area contributed by atoms with Gasteiger partial charge >= 0.3 is 0 Å². The minimum absolute atomic E-state index is 0.0110. The molecule has 1 saturated carbocycles. The van der Waals surface area contributed by atoms with Gasteiger partial charge in [-0.2, -0.15) is 0 Å². The van der Waals surface area contributed by atoms with Gasteiger partial charge in [0.25, 0.3) is 0 Å². The Hall–Kier alpha value is -0.160. The number of rotatable bonds is 1. The number of hydrogen-bond donors (Lipinski definition) is 2. The molecule has 1 aliphatic carbocycles. The molecule has 1 heterocycles. The van der Waals surface area contributed by atoms with Crippen LogP contribution in [0.2, 0.25) is 0 Å². The summed E-state index contributed by atoms with van der Waals surface area (Å²) in [5, 5.41) is 9.03. The summed E-state index contributed by atoms with van der Waals surface area (Å²) in [6.45, 7) is 1.53. The Balaban J connectivity index is 1.97. The summed E-state index contributed by atoms with van der Waals surface area (Å²) in [6, 6.07) is 0.0110. The maximum atomic E-state index is 9.03. The molecule has 0 aromatic heterocycles. The molecule has 76 valence electrons. The van der Waals surface area contributed by atoms with E-state index in [0.29, 0.717) is 13.2 Å². The molecule has 0 unspecified atom stereocenters. The van der Waals surface area contributed by atoms with E-state index in [-0.39, 0.29) is 18.6 Å². The average Bonchev–Trinajstić information content (AvgIpc) is 2.54. The van der Waals surface area contributed by atoms with Crippen molar-refractivity contribution in [1.82, 2.24) is 0 Å². The predicted molar refractivity (Wildman–Crippen MR) is 47.0 cm³/mol. The molecule has 2 fully saturated rings. The molecule has 0 aromatic rings. The molecule has 1 saturated heterocycles. The fraction of sp³-hybridized carbons (Fsp3) is 1.00. The minimum atomic E-state index is -0.412. The van der Waals surface area contributed by atoms with E-state index in [4.69, 9.17) is 20.3 Å². The van der Waals surface area contributed by atoms with Crippen molar-refractivity contribution in [1.29, 1.82) is 0 Å². The molecule has 0 aromatic carbocycles. The van der Waals surface area contributed by atoms with Gasteiger partial charge in [-0.05, 0) is 12.3 Å². The van der Waals surface area contributed by atoms with Crippen LogP contribution < -0.4 is 5.73 Å². The van der Waals surface area contributed by atoms with Crippen molar-refractivity contribution in [3.63, 3.8) is 0 Å². The zero-order valence-corrected chi connectivity index (χ0v) is 7.74. The first-order chi connectivity index (χ1) is 6.26. The van der Waals surface area contributed by atoms with E-state index in [1.165, 1.54) is 0 Å². The molecule has 0 radical (unpaired) electrons. The third kappa shape index (κ3) is 1.72. The standard InChI is InChI=1S/C9H17NO3/c10-8-5-9(12-3-4-13-9)2-1-7(8)6-11/h7-8,11H,1-6,10H2/t7-,8+/m0/s1. The van der Waals surface area contributed by atoms with E-state index in [9.17, 15) is 0 Å². The topological polar surface area (TPSA) is 64.7 Å². The molecule has 2 aliphatic rings. The maximum Gasteiger partial charge on any atom is 0.170 e. The van der Waals surface area contributed by atoms with Crippen molar-refractivity contribution in [3.8, 4) is 0 Å². The Labute approximate surface area is 78.0 Å². The van der Waals surface area contributed by atoms with Gasteiger partial charge in [-0.1, -0.05) is 0 Å². The monoisotopic (exact) mass is 187 g/mol. The Bertz CT molecular complexity index is 180.